The van der Waals surface area contributed by atoms with Crippen LogP contribution >= 0.6 is 11.3 Å². The van der Waals surface area contributed by atoms with Crippen molar-refractivity contribution in [2.45, 2.75) is 44.8 Å². The molecule has 0 saturated heterocycles. The van der Waals surface area contributed by atoms with Gasteiger partial charge in [-0.2, -0.15) is 4.98 Å². The number of hydrogen-bond donors (Lipinski definition) is 1. The van der Waals surface area contributed by atoms with E-state index in [1.807, 2.05) is 12.3 Å². The van der Waals surface area contributed by atoms with E-state index in [0.29, 0.717) is 30.4 Å². The molecule has 1 aliphatic rings. The van der Waals surface area contributed by atoms with Crippen LogP contribution in [0.4, 0.5) is 10.2 Å². The third-order valence-electron chi connectivity index (χ3n) is 3.73. The molecule has 1 N–H and O–H groups in total. The van der Waals surface area contributed by atoms with Crippen LogP contribution < -0.4 is 10.1 Å². The molecule has 0 aliphatic heterocycles. The van der Waals surface area contributed by atoms with Gasteiger partial charge in [0, 0.05) is 23.2 Å². The fourth-order valence-corrected chi connectivity index (χ4v) is 3.29. The first-order valence-corrected chi connectivity index (χ1v) is 8.28. The molecule has 0 radical (unpaired) electrons. The van der Waals surface area contributed by atoms with Crippen LogP contribution in [0, 0.1) is 6.92 Å². The number of nitrogens with one attached hydrogen (secondary N) is 1. The van der Waals surface area contributed by atoms with Crippen LogP contribution in [0.3, 0.4) is 0 Å². The highest BCUT2D eigenvalue weighted by Gasteiger charge is 2.21. The summed E-state index contributed by atoms with van der Waals surface area (Å²) in [5.41, 5.74) is 0.946. The molecule has 1 saturated carbocycles. The summed E-state index contributed by atoms with van der Waals surface area (Å²) in [6, 6.07) is 2.02. The van der Waals surface area contributed by atoms with Crippen LogP contribution in [0.2, 0.25) is 0 Å². The van der Waals surface area contributed by atoms with Crippen molar-refractivity contribution in [2.24, 2.45) is 0 Å². The summed E-state index contributed by atoms with van der Waals surface area (Å²) in [6.45, 7) is 1.94. The SMILES string of the molecule is COc1cc(NC2CCC(F)CC2)nc(-c2nc(C)cs2)n1. The van der Waals surface area contributed by atoms with Gasteiger partial charge in [0.05, 0.1) is 7.11 Å². The van der Waals surface area contributed by atoms with E-state index in [9.17, 15) is 4.39 Å². The van der Waals surface area contributed by atoms with Gasteiger partial charge in [-0.3, -0.25) is 0 Å². The molecular weight excluding hydrogens is 303 g/mol. The standard InChI is InChI=1S/C15H19FN4OS/c1-9-8-22-15(17-9)14-19-12(7-13(20-14)21-2)18-11-5-3-10(16)4-6-11/h7-8,10-11H,3-6H2,1-2H3,(H,18,19,20). The summed E-state index contributed by atoms with van der Waals surface area (Å²) in [4.78, 5) is 13.3. The van der Waals surface area contributed by atoms with Gasteiger partial charge in [-0.1, -0.05) is 0 Å². The van der Waals surface area contributed by atoms with Crippen LogP contribution in [0.1, 0.15) is 31.4 Å². The Morgan fingerprint density at radius 1 is 1.23 bits per heavy atom. The van der Waals surface area contributed by atoms with Gasteiger partial charge in [0.25, 0.3) is 0 Å². The molecule has 0 spiro atoms. The number of nitrogens with zero attached hydrogens (tertiary/aromatic N) is 3. The normalized spacial score (nSPS) is 21.6. The molecule has 2 aromatic heterocycles. The molecule has 0 atom stereocenters. The second kappa shape index (κ2) is 6.56. The Kier molecular flexibility index (Phi) is 4.52. The molecule has 0 aromatic carbocycles. The third kappa shape index (κ3) is 3.52. The first kappa shape index (κ1) is 15.1. The number of rotatable bonds is 4. The molecule has 3 rings (SSSR count). The van der Waals surface area contributed by atoms with E-state index in [4.69, 9.17) is 4.74 Å². The average Bonchev–Trinajstić information content (AvgIpc) is 2.96. The minimum absolute atomic E-state index is 0.248. The van der Waals surface area contributed by atoms with Gasteiger partial charge in [-0.15, -0.1) is 11.3 Å². The van der Waals surface area contributed by atoms with E-state index in [1.54, 1.807) is 13.2 Å². The van der Waals surface area contributed by atoms with Crippen molar-refractivity contribution in [3.8, 4) is 16.7 Å². The minimum atomic E-state index is -0.660. The quantitative estimate of drug-likeness (QED) is 0.932. The highest BCUT2D eigenvalue weighted by molar-refractivity contribution is 7.13. The van der Waals surface area contributed by atoms with E-state index in [1.165, 1.54) is 11.3 Å². The third-order valence-corrected chi connectivity index (χ3v) is 4.69. The number of halogens is 1. The van der Waals surface area contributed by atoms with Crippen molar-refractivity contribution in [2.75, 3.05) is 12.4 Å². The number of aromatic nitrogens is 3. The van der Waals surface area contributed by atoms with Crippen LogP contribution in [0.15, 0.2) is 11.4 Å². The number of aryl methyl sites for hydroxylation is 1. The second-order valence-corrected chi connectivity index (χ2v) is 6.36. The number of ether oxygens (including phenoxy) is 1. The Morgan fingerprint density at radius 2 is 2.00 bits per heavy atom. The molecule has 2 heterocycles. The number of anilines is 1. The summed E-state index contributed by atoms with van der Waals surface area (Å²) < 4.78 is 18.5. The zero-order chi connectivity index (χ0) is 15.5. The number of alkyl halides is 1. The van der Waals surface area contributed by atoms with Crippen LogP contribution in [-0.2, 0) is 0 Å². The first-order valence-electron chi connectivity index (χ1n) is 7.40. The molecular formula is C15H19FN4OS. The van der Waals surface area contributed by atoms with Gasteiger partial charge in [0.2, 0.25) is 5.88 Å². The predicted octanol–water partition coefficient (Wildman–Crippen LogP) is 3.61. The molecule has 0 unspecified atom stereocenters. The van der Waals surface area contributed by atoms with Crippen LogP contribution in [0.5, 0.6) is 5.88 Å². The van der Waals surface area contributed by atoms with E-state index < -0.39 is 6.17 Å². The van der Waals surface area contributed by atoms with Gasteiger partial charge < -0.3 is 10.1 Å². The topological polar surface area (TPSA) is 59.9 Å². The number of hydrogen-bond acceptors (Lipinski definition) is 6. The lowest BCUT2D eigenvalue weighted by molar-refractivity contribution is 0.241. The molecule has 2 aromatic rings. The predicted molar refractivity (Wildman–Crippen MR) is 85.2 cm³/mol. The molecule has 0 bridgehead atoms. The summed E-state index contributed by atoms with van der Waals surface area (Å²) >= 11 is 1.51. The molecule has 1 aliphatic carbocycles. The lowest BCUT2D eigenvalue weighted by Gasteiger charge is -2.25. The van der Waals surface area contributed by atoms with Crippen molar-refractivity contribution in [3.05, 3.63) is 17.1 Å². The number of thiazole rings is 1. The maximum Gasteiger partial charge on any atom is 0.218 e. The van der Waals surface area contributed by atoms with Crippen molar-refractivity contribution in [1.29, 1.82) is 0 Å². The van der Waals surface area contributed by atoms with E-state index in [2.05, 4.69) is 20.3 Å². The van der Waals surface area contributed by atoms with Gasteiger partial charge in [0.15, 0.2) is 10.8 Å². The van der Waals surface area contributed by atoms with Crippen molar-refractivity contribution in [1.82, 2.24) is 15.0 Å². The highest BCUT2D eigenvalue weighted by Crippen LogP contribution is 2.27. The van der Waals surface area contributed by atoms with Crippen molar-refractivity contribution in [3.63, 3.8) is 0 Å². The monoisotopic (exact) mass is 322 g/mol. The molecule has 22 heavy (non-hydrogen) atoms. The highest BCUT2D eigenvalue weighted by atomic mass is 32.1. The van der Waals surface area contributed by atoms with Gasteiger partial charge in [0.1, 0.15) is 12.0 Å². The van der Waals surface area contributed by atoms with Gasteiger partial charge in [-0.25, -0.2) is 14.4 Å². The van der Waals surface area contributed by atoms with Gasteiger partial charge in [-0.05, 0) is 32.6 Å². The molecule has 7 heteroatoms. The van der Waals surface area contributed by atoms with E-state index in [-0.39, 0.29) is 6.04 Å². The lowest BCUT2D eigenvalue weighted by Crippen LogP contribution is -2.27. The summed E-state index contributed by atoms with van der Waals surface area (Å²) in [6.07, 6.45) is 2.20. The maximum absolute atomic E-state index is 13.2. The number of methoxy groups -OCH3 is 1. The maximum atomic E-state index is 13.2. The summed E-state index contributed by atoms with van der Waals surface area (Å²) in [5, 5.41) is 6.11. The van der Waals surface area contributed by atoms with Crippen LogP contribution in [-0.4, -0.2) is 34.3 Å². The average molecular weight is 322 g/mol. The van der Waals surface area contributed by atoms with Crippen LogP contribution in [0.25, 0.3) is 10.8 Å². The first-order chi connectivity index (χ1) is 10.6. The summed E-state index contributed by atoms with van der Waals surface area (Å²) in [5.74, 6) is 1.76. The molecule has 1 fully saturated rings. The zero-order valence-electron chi connectivity index (χ0n) is 12.7. The molecule has 0 amide bonds. The Bertz CT molecular complexity index is 640. The van der Waals surface area contributed by atoms with Crippen molar-refractivity contribution < 1.29 is 9.13 Å². The van der Waals surface area contributed by atoms with Crippen molar-refractivity contribution >= 4 is 17.2 Å². The smallest absolute Gasteiger partial charge is 0.218 e. The molecule has 5 nitrogen and oxygen atoms in total. The lowest BCUT2D eigenvalue weighted by atomic mass is 9.94. The van der Waals surface area contributed by atoms with E-state index >= 15 is 0 Å². The Balaban J connectivity index is 1.81. The largest absolute Gasteiger partial charge is 0.481 e. The zero-order valence-corrected chi connectivity index (χ0v) is 13.5. The summed E-state index contributed by atoms with van der Waals surface area (Å²) in [7, 11) is 1.58. The Labute approximate surface area is 133 Å². The fraction of sp³-hybridized carbons (Fsp3) is 0.533. The Hall–Kier alpha value is -1.76. The minimum Gasteiger partial charge on any atom is -0.481 e. The van der Waals surface area contributed by atoms with Gasteiger partial charge >= 0.3 is 0 Å². The van der Waals surface area contributed by atoms with E-state index in [0.717, 1.165) is 23.5 Å². The second-order valence-electron chi connectivity index (χ2n) is 5.51. The fourth-order valence-electron chi connectivity index (χ4n) is 2.56. The molecule has 118 valence electrons. The Morgan fingerprint density at radius 3 is 2.64 bits per heavy atom.